The number of hydrogen-bond acceptors (Lipinski definition) is 1. The molecule has 1 unspecified atom stereocenters. The van der Waals surface area contributed by atoms with Crippen LogP contribution in [0.15, 0.2) is 24.3 Å². The van der Waals surface area contributed by atoms with Crippen molar-refractivity contribution in [3.05, 3.63) is 34.9 Å². The van der Waals surface area contributed by atoms with Crippen LogP contribution in [0.2, 0.25) is 5.02 Å². The van der Waals surface area contributed by atoms with Gasteiger partial charge in [-0.25, -0.2) is 0 Å². The van der Waals surface area contributed by atoms with E-state index in [1.165, 1.54) is 18.4 Å². The molecule has 0 bridgehead atoms. The van der Waals surface area contributed by atoms with E-state index in [9.17, 15) is 0 Å². The number of ether oxygens (including phenoxy) is 1. The van der Waals surface area contributed by atoms with Crippen molar-refractivity contribution in [3.8, 4) is 0 Å². The van der Waals surface area contributed by atoms with Crippen molar-refractivity contribution < 1.29 is 4.74 Å². The predicted molar refractivity (Wildman–Crippen MR) is 54.0 cm³/mol. The van der Waals surface area contributed by atoms with Crippen LogP contribution in [-0.4, -0.2) is 6.61 Å². The first-order valence-corrected chi connectivity index (χ1v) is 5.11. The second kappa shape index (κ2) is 4.12. The van der Waals surface area contributed by atoms with E-state index in [-0.39, 0.29) is 0 Å². The van der Waals surface area contributed by atoms with E-state index in [0.29, 0.717) is 6.10 Å². The third kappa shape index (κ3) is 2.23. The van der Waals surface area contributed by atoms with Gasteiger partial charge in [-0.3, -0.25) is 0 Å². The first-order valence-electron chi connectivity index (χ1n) is 4.73. The van der Waals surface area contributed by atoms with Crippen molar-refractivity contribution >= 4 is 11.6 Å². The summed E-state index contributed by atoms with van der Waals surface area (Å²) >= 11 is 5.81. The van der Waals surface area contributed by atoms with Crippen molar-refractivity contribution in [2.45, 2.75) is 25.4 Å². The Hall–Kier alpha value is -0.530. The first-order chi connectivity index (χ1) is 6.36. The molecule has 2 heteroatoms. The highest BCUT2D eigenvalue weighted by molar-refractivity contribution is 6.30. The fourth-order valence-electron chi connectivity index (χ4n) is 1.68. The smallest absolute Gasteiger partial charge is 0.0824 e. The van der Waals surface area contributed by atoms with Gasteiger partial charge in [-0.15, -0.1) is 0 Å². The van der Waals surface area contributed by atoms with E-state index < -0.39 is 0 Å². The Bertz CT molecular complexity index is 262. The monoisotopic (exact) mass is 196 g/mol. The maximum Gasteiger partial charge on any atom is 0.0824 e. The van der Waals surface area contributed by atoms with Gasteiger partial charge < -0.3 is 4.74 Å². The fraction of sp³-hybridized carbons (Fsp3) is 0.455. The van der Waals surface area contributed by atoms with Crippen molar-refractivity contribution in [1.82, 2.24) is 0 Å². The number of rotatable bonds is 1. The van der Waals surface area contributed by atoms with Crippen LogP contribution >= 0.6 is 11.6 Å². The molecule has 2 rings (SSSR count). The van der Waals surface area contributed by atoms with Crippen LogP contribution in [0.4, 0.5) is 0 Å². The van der Waals surface area contributed by atoms with Crippen LogP contribution in [0.3, 0.4) is 0 Å². The summed E-state index contributed by atoms with van der Waals surface area (Å²) in [5, 5.41) is 0.791. The molecule has 1 aliphatic rings. The van der Waals surface area contributed by atoms with E-state index in [2.05, 4.69) is 12.1 Å². The molecule has 0 amide bonds. The Morgan fingerprint density at radius 1 is 1.15 bits per heavy atom. The average Bonchev–Trinajstić information content (AvgIpc) is 2.20. The molecule has 0 aromatic heterocycles. The summed E-state index contributed by atoms with van der Waals surface area (Å²) in [6.07, 6.45) is 3.91. The molecule has 0 aliphatic carbocycles. The maximum atomic E-state index is 5.81. The third-order valence-corrected chi connectivity index (χ3v) is 2.67. The lowest BCUT2D eigenvalue weighted by Gasteiger charge is -2.22. The van der Waals surface area contributed by atoms with Crippen molar-refractivity contribution in [2.24, 2.45) is 0 Å². The second-order valence-electron chi connectivity index (χ2n) is 3.41. The molecule has 0 radical (unpaired) electrons. The van der Waals surface area contributed by atoms with E-state index in [0.717, 1.165) is 18.1 Å². The van der Waals surface area contributed by atoms with Gasteiger partial charge in [-0.1, -0.05) is 23.7 Å². The molecule has 1 aromatic carbocycles. The Morgan fingerprint density at radius 3 is 2.54 bits per heavy atom. The summed E-state index contributed by atoms with van der Waals surface area (Å²) < 4.78 is 5.66. The number of benzene rings is 1. The molecule has 1 heterocycles. The molecule has 13 heavy (non-hydrogen) atoms. The van der Waals surface area contributed by atoms with Crippen LogP contribution in [0.25, 0.3) is 0 Å². The summed E-state index contributed by atoms with van der Waals surface area (Å²) in [7, 11) is 0. The zero-order valence-electron chi connectivity index (χ0n) is 7.50. The highest BCUT2D eigenvalue weighted by atomic mass is 35.5. The third-order valence-electron chi connectivity index (χ3n) is 2.42. The summed E-state index contributed by atoms with van der Waals surface area (Å²) in [5.41, 5.74) is 1.25. The molecule has 0 spiro atoms. The van der Waals surface area contributed by atoms with Gasteiger partial charge in [0.2, 0.25) is 0 Å². The largest absolute Gasteiger partial charge is 0.374 e. The molecule has 1 fully saturated rings. The average molecular weight is 197 g/mol. The van der Waals surface area contributed by atoms with Gasteiger partial charge in [0.1, 0.15) is 0 Å². The Balaban J connectivity index is 2.10. The van der Waals surface area contributed by atoms with Crippen molar-refractivity contribution in [3.63, 3.8) is 0 Å². The standard InChI is InChI=1S/C11H13ClO/c12-10-6-4-9(5-7-10)11-3-1-2-8-13-11/h4-7,11H,1-3,8H2. The van der Waals surface area contributed by atoms with Crippen LogP contribution in [0.1, 0.15) is 30.9 Å². The second-order valence-corrected chi connectivity index (χ2v) is 3.84. The predicted octanol–water partition coefficient (Wildman–Crippen LogP) is 3.58. The molecule has 0 saturated carbocycles. The Labute approximate surface area is 83.7 Å². The van der Waals surface area contributed by atoms with Crippen LogP contribution in [-0.2, 0) is 4.74 Å². The van der Waals surface area contributed by atoms with Gasteiger partial charge in [-0.2, -0.15) is 0 Å². The minimum absolute atomic E-state index is 0.297. The van der Waals surface area contributed by atoms with Gasteiger partial charge >= 0.3 is 0 Å². The van der Waals surface area contributed by atoms with E-state index in [4.69, 9.17) is 16.3 Å². The van der Waals surface area contributed by atoms with Crippen LogP contribution in [0.5, 0.6) is 0 Å². The van der Waals surface area contributed by atoms with E-state index >= 15 is 0 Å². The highest BCUT2D eigenvalue weighted by Gasteiger charge is 2.15. The van der Waals surface area contributed by atoms with Gasteiger partial charge in [0, 0.05) is 11.6 Å². The lowest BCUT2D eigenvalue weighted by molar-refractivity contribution is 0.0149. The molecule has 0 N–H and O–H groups in total. The Kier molecular flexibility index (Phi) is 2.87. The van der Waals surface area contributed by atoms with E-state index in [1.54, 1.807) is 0 Å². The molecule has 1 atom stereocenters. The lowest BCUT2D eigenvalue weighted by atomic mass is 10.0. The van der Waals surface area contributed by atoms with Gasteiger partial charge in [-0.05, 0) is 37.0 Å². The number of halogens is 1. The number of hydrogen-bond donors (Lipinski definition) is 0. The van der Waals surface area contributed by atoms with Crippen LogP contribution < -0.4 is 0 Å². The quantitative estimate of drug-likeness (QED) is 0.667. The van der Waals surface area contributed by atoms with Crippen molar-refractivity contribution in [1.29, 1.82) is 0 Å². The van der Waals surface area contributed by atoms with Crippen molar-refractivity contribution in [2.75, 3.05) is 6.61 Å². The molecular formula is C11H13ClO. The molecule has 1 saturated heterocycles. The van der Waals surface area contributed by atoms with Gasteiger partial charge in [0.15, 0.2) is 0 Å². The van der Waals surface area contributed by atoms with E-state index in [1.807, 2.05) is 12.1 Å². The SMILES string of the molecule is Clc1ccc(C2CCCCO2)cc1. The minimum atomic E-state index is 0.297. The van der Waals surface area contributed by atoms with Crippen LogP contribution in [0, 0.1) is 0 Å². The summed E-state index contributed by atoms with van der Waals surface area (Å²) in [5.74, 6) is 0. The molecule has 70 valence electrons. The lowest BCUT2D eigenvalue weighted by Crippen LogP contribution is -2.11. The first kappa shape index (κ1) is 9.04. The molecule has 1 aliphatic heterocycles. The topological polar surface area (TPSA) is 9.23 Å². The summed E-state index contributed by atoms with van der Waals surface area (Å²) in [4.78, 5) is 0. The molecule has 1 aromatic rings. The Morgan fingerprint density at radius 2 is 1.92 bits per heavy atom. The maximum absolute atomic E-state index is 5.81. The normalized spacial score (nSPS) is 23.0. The van der Waals surface area contributed by atoms with Gasteiger partial charge in [0.05, 0.1) is 6.10 Å². The zero-order chi connectivity index (χ0) is 9.10. The summed E-state index contributed by atoms with van der Waals surface area (Å²) in [6, 6.07) is 7.96. The zero-order valence-corrected chi connectivity index (χ0v) is 8.26. The highest BCUT2D eigenvalue weighted by Crippen LogP contribution is 2.28. The summed E-state index contributed by atoms with van der Waals surface area (Å²) in [6.45, 7) is 0.896. The molecular weight excluding hydrogens is 184 g/mol. The minimum Gasteiger partial charge on any atom is -0.374 e. The van der Waals surface area contributed by atoms with Gasteiger partial charge in [0.25, 0.3) is 0 Å². The fourth-order valence-corrected chi connectivity index (χ4v) is 1.81. The molecule has 1 nitrogen and oxygen atoms in total.